The number of rotatable bonds is 6. The van der Waals surface area contributed by atoms with Gasteiger partial charge in [0.1, 0.15) is 5.58 Å². The van der Waals surface area contributed by atoms with Crippen molar-refractivity contribution >= 4 is 28.5 Å². The quantitative estimate of drug-likeness (QED) is 0.449. The molecule has 1 amide bonds. The molecule has 0 aliphatic carbocycles. The lowest BCUT2D eigenvalue weighted by atomic mass is 10.2. The van der Waals surface area contributed by atoms with Gasteiger partial charge >= 0.3 is 0 Å². The van der Waals surface area contributed by atoms with Gasteiger partial charge in [-0.3, -0.25) is 4.79 Å². The van der Waals surface area contributed by atoms with Crippen LogP contribution in [0.15, 0.2) is 63.4 Å². The van der Waals surface area contributed by atoms with Gasteiger partial charge in [0, 0.05) is 11.9 Å². The Hall–Kier alpha value is -3.12. The van der Waals surface area contributed by atoms with Gasteiger partial charge in [-0.1, -0.05) is 48.9 Å². The molecule has 6 nitrogen and oxygen atoms in total. The summed E-state index contributed by atoms with van der Waals surface area (Å²) < 4.78 is 11.5. The molecule has 0 atom stereocenters. The zero-order valence-electron chi connectivity index (χ0n) is 15.3. The summed E-state index contributed by atoms with van der Waals surface area (Å²) in [6.07, 6.45) is 0.789. The minimum Gasteiger partial charge on any atom is -0.451 e. The predicted octanol–water partition coefficient (Wildman–Crippen LogP) is 5.19. The Kier molecular flexibility index (Phi) is 5.12. The normalized spacial score (nSPS) is 11.1. The predicted molar refractivity (Wildman–Crippen MR) is 106 cm³/mol. The molecule has 142 valence electrons. The van der Waals surface area contributed by atoms with E-state index in [1.807, 2.05) is 49.4 Å². The first-order valence-corrected chi connectivity index (χ1v) is 9.38. The molecule has 0 N–H and O–H groups in total. The van der Waals surface area contributed by atoms with Crippen LogP contribution in [0.25, 0.3) is 22.4 Å². The lowest BCUT2D eigenvalue weighted by Crippen LogP contribution is -2.31. The second kappa shape index (κ2) is 7.86. The maximum absolute atomic E-state index is 13.0. The van der Waals surface area contributed by atoms with E-state index < -0.39 is 0 Å². The van der Waals surface area contributed by atoms with E-state index in [-0.39, 0.29) is 12.5 Å². The Morgan fingerprint density at radius 2 is 1.86 bits per heavy atom. The molecule has 7 heteroatoms. The summed E-state index contributed by atoms with van der Waals surface area (Å²) in [4.78, 5) is 14.6. The largest absolute Gasteiger partial charge is 0.451 e. The minimum absolute atomic E-state index is 0.196. The molecule has 0 fully saturated rings. The molecule has 4 rings (SSSR count). The zero-order valence-corrected chi connectivity index (χ0v) is 16.0. The van der Waals surface area contributed by atoms with Gasteiger partial charge in [-0.2, -0.15) is 0 Å². The summed E-state index contributed by atoms with van der Waals surface area (Å²) in [6.45, 7) is 2.74. The third-order valence-electron chi connectivity index (χ3n) is 4.31. The average Bonchev–Trinajstić information content (AvgIpc) is 3.34. The van der Waals surface area contributed by atoms with E-state index in [0.29, 0.717) is 40.3 Å². The third-order valence-corrected chi connectivity index (χ3v) is 4.64. The molecular weight excluding hydrogens is 378 g/mol. The number of halogens is 1. The van der Waals surface area contributed by atoms with E-state index in [1.54, 1.807) is 17.0 Å². The highest BCUT2D eigenvalue weighted by atomic mass is 35.5. The van der Waals surface area contributed by atoms with Crippen molar-refractivity contribution in [3.05, 3.63) is 71.3 Å². The lowest BCUT2D eigenvalue weighted by Gasteiger charge is -2.18. The summed E-state index contributed by atoms with van der Waals surface area (Å²) in [7, 11) is 0. The second-order valence-corrected chi connectivity index (χ2v) is 6.76. The molecule has 4 aromatic rings. The molecule has 0 saturated carbocycles. The van der Waals surface area contributed by atoms with Crippen molar-refractivity contribution in [2.24, 2.45) is 0 Å². The highest BCUT2D eigenvalue weighted by Crippen LogP contribution is 2.27. The number of furan rings is 1. The minimum atomic E-state index is -0.212. The van der Waals surface area contributed by atoms with Crippen LogP contribution in [0, 0.1) is 0 Å². The van der Waals surface area contributed by atoms with Gasteiger partial charge < -0.3 is 13.7 Å². The van der Waals surface area contributed by atoms with Gasteiger partial charge in [0.25, 0.3) is 5.91 Å². The van der Waals surface area contributed by atoms with Crippen LogP contribution >= 0.6 is 11.6 Å². The van der Waals surface area contributed by atoms with E-state index in [2.05, 4.69) is 10.2 Å². The molecule has 28 heavy (non-hydrogen) atoms. The van der Waals surface area contributed by atoms with Crippen molar-refractivity contribution in [3.63, 3.8) is 0 Å². The molecule has 0 aliphatic rings. The number of fused-ring (bicyclic) bond motifs is 1. The van der Waals surface area contributed by atoms with Crippen LogP contribution in [0.5, 0.6) is 0 Å². The fourth-order valence-electron chi connectivity index (χ4n) is 2.99. The van der Waals surface area contributed by atoms with Crippen molar-refractivity contribution in [1.82, 2.24) is 15.1 Å². The highest BCUT2D eigenvalue weighted by Gasteiger charge is 2.22. The van der Waals surface area contributed by atoms with Crippen LogP contribution in [-0.4, -0.2) is 27.5 Å². The number of hydrogen-bond acceptors (Lipinski definition) is 5. The van der Waals surface area contributed by atoms with Crippen LogP contribution in [0.2, 0.25) is 5.02 Å². The number of carbonyl (C=O) groups excluding carboxylic acids is 1. The lowest BCUT2D eigenvalue weighted by molar-refractivity contribution is 0.0699. The third kappa shape index (κ3) is 3.64. The molecule has 2 aromatic carbocycles. The Morgan fingerprint density at radius 1 is 1.07 bits per heavy atom. The van der Waals surface area contributed by atoms with E-state index in [0.717, 1.165) is 11.8 Å². The van der Waals surface area contributed by atoms with Crippen LogP contribution < -0.4 is 0 Å². The average molecular weight is 396 g/mol. The van der Waals surface area contributed by atoms with Crippen molar-refractivity contribution < 1.29 is 13.6 Å². The molecule has 0 unspecified atom stereocenters. The fraction of sp³-hybridized carbons (Fsp3) is 0.190. The number of nitrogens with zero attached hydrogens (tertiary/aromatic N) is 3. The van der Waals surface area contributed by atoms with Gasteiger partial charge in [-0.05, 0) is 30.7 Å². The van der Waals surface area contributed by atoms with Gasteiger partial charge in [-0.25, -0.2) is 0 Å². The highest BCUT2D eigenvalue weighted by molar-refractivity contribution is 6.33. The maximum atomic E-state index is 13.0. The first kappa shape index (κ1) is 18.3. The smallest absolute Gasteiger partial charge is 0.290 e. The molecule has 0 saturated heterocycles. The molecule has 2 aromatic heterocycles. The molecule has 0 radical (unpaired) electrons. The van der Waals surface area contributed by atoms with Gasteiger partial charge in [-0.15, -0.1) is 10.2 Å². The summed E-state index contributed by atoms with van der Waals surface area (Å²) in [5.74, 6) is 0.747. The Morgan fingerprint density at radius 3 is 2.64 bits per heavy atom. The molecule has 0 aliphatic heterocycles. The van der Waals surface area contributed by atoms with Gasteiger partial charge in [0.2, 0.25) is 11.8 Å². The fourth-order valence-corrected chi connectivity index (χ4v) is 3.21. The zero-order chi connectivity index (χ0) is 19.5. The number of aromatic nitrogens is 2. The standard InChI is InChI=1S/C21H18ClN3O3/c1-2-11-25(21(26)18-12-14-7-3-6-10-17(14)27-18)13-19-23-24-20(28-19)15-8-4-5-9-16(15)22/h3-10,12H,2,11,13H2,1H3. The van der Waals surface area contributed by atoms with E-state index in [9.17, 15) is 4.79 Å². The number of carbonyl (C=O) groups is 1. The SMILES string of the molecule is CCCN(Cc1nnc(-c2ccccc2Cl)o1)C(=O)c1cc2ccccc2o1. The van der Waals surface area contributed by atoms with Gasteiger partial charge in [0.15, 0.2) is 5.76 Å². The number of benzene rings is 2. The Bertz CT molecular complexity index is 1090. The summed E-state index contributed by atoms with van der Waals surface area (Å²) in [6, 6.07) is 16.5. The summed E-state index contributed by atoms with van der Waals surface area (Å²) in [5.41, 5.74) is 1.34. The number of para-hydroxylation sites is 1. The number of hydrogen-bond donors (Lipinski definition) is 0. The number of amides is 1. The topological polar surface area (TPSA) is 72.4 Å². The summed E-state index contributed by atoms with van der Waals surface area (Å²) in [5, 5.41) is 9.56. The maximum Gasteiger partial charge on any atom is 0.290 e. The Labute approximate surface area is 166 Å². The second-order valence-electron chi connectivity index (χ2n) is 6.36. The molecule has 0 bridgehead atoms. The molecular formula is C21H18ClN3O3. The van der Waals surface area contributed by atoms with E-state index in [4.69, 9.17) is 20.4 Å². The molecule has 2 heterocycles. The first-order valence-electron chi connectivity index (χ1n) is 9.01. The van der Waals surface area contributed by atoms with Crippen LogP contribution in [0.3, 0.4) is 0 Å². The van der Waals surface area contributed by atoms with E-state index in [1.165, 1.54) is 0 Å². The van der Waals surface area contributed by atoms with Crippen molar-refractivity contribution in [2.75, 3.05) is 6.54 Å². The van der Waals surface area contributed by atoms with Crippen LogP contribution in [-0.2, 0) is 6.54 Å². The Balaban J connectivity index is 1.57. The first-order chi connectivity index (χ1) is 13.7. The van der Waals surface area contributed by atoms with Crippen LogP contribution in [0.4, 0.5) is 0 Å². The van der Waals surface area contributed by atoms with Crippen LogP contribution in [0.1, 0.15) is 29.8 Å². The van der Waals surface area contributed by atoms with Crippen molar-refractivity contribution in [1.29, 1.82) is 0 Å². The molecule has 0 spiro atoms. The van der Waals surface area contributed by atoms with Gasteiger partial charge in [0.05, 0.1) is 17.1 Å². The van der Waals surface area contributed by atoms with E-state index >= 15 is 0 Å². The van der Waals surface area contributed by atoms with Crippen molar-refractivity contribution in [2.45, 2.75) is 19.9 Å². The monoisotopic (exact) mass is 395 g/mol. The van der Waals surface area contributed by atoms with Crippen molar-refractivity contribution in [3.8, 4) is 11.5 Å². The summed E-state index contributed by atoms with van der Waals surface area (Å²) >= 11 is 6.19.